The Morgan fingerprint density at radius 1 is 1.19 bits per heavy atom. The fraction of sp³-hybridized carbons (Fsp3) is 0.550. The number of amides is 3. The molecule has 7 nitrogen and oxygen atoms in total. The van der Waals surface area contributed by atoms with E-state index in [1.54, 1.807) is 4.90 Å². The molecular formula is C20H29N5O2. The molecule has 146 valence electrons. The zero-order valence-corrected chi connectivity index (χ0v) is 16.4. The summed E-state index contributed by atoms with van der Waals surface area (Å²) >= 11 is 0. The Bertz CT molecular complexity index is 814. The van der Waals surface area contributed by atoms with Crippen LogP contribution < -0.4 is 5.32 Å². The number of rotatable bonds is 4. The van der Waals surface area contributed by atoms with E-state index >= 15 is 0 Å². The van der Waals surface area contributed by atoms with Crippen molar-refractivity contribution in [3.63, 3.8) is 0 Å². The fourth-order valence-corrected chi connectivity index (χ4v) is 3.38. The number of hydrogen-bond donors (Lipinski definition) is 2. The molecule has 3 rings (SSSR count). The van der Waals surface area contributed by atoms with Crippen LogP contribution in [0.3, 0.4) is 0 Å². The third kappa shape index (κ3) is 4.78. The molecule has 1 aliphatic rings. The number of nitrogens with zero attached hydrogens (tertiary/aromatic N) is 3. The van der Waals surface area contributed by atoms with E-state index in [1.807, 2.05) is 36.9 Å². The summed E-state index contributed by atoms with van der Waals surface area (Å²) in [6.07, 6.45) is 2.03. The van der Waals surface area contributed by atoms with Crippen LogP contribution in [-0.4, -0.2) is 63.9 Å². The van der Waals surface area contributed by atoms with Crippen LogP contribution in [0.4, 0.5) is 4.79 Å². The summed E-state index contributed by atoms with van der Waals surface area (Å²) in [5.74, 6) is 1.07. The van der Waals surface area contributed by atoms with Crippen LogP contribution in [0.2, 0.25) is 0 Å². The summed E-state index contributed by atoms with van der Waals surface area (Å²) in [6, 6.07) is 6.02. The van der Waals surface area contributed by atoms with Crippen LogP contribution in [0.5, 0.6) is 0 Å². The van der Waals surface area contributed by atoms with Crippen molar-refractivity contribution in [2.24, 2.45) is 0 Å². The predicted octanol–water partition coefficient (Wildman–Crippen LogP) is 2.32. The van der Waals surface area contributed by atoms with Gasteiger partial charge in [0.15, 0.2) is 0 Å². The molecule has 2 aromatic rings. The number of fused-ring (bicyclic) bond motifs is 1. The van der Waals surface area contributed by atoms with Crippen molar-refractivity contribution in [2.75, 3.05) is 26.2 Å². The lowest BCUT2D eigenvalue weighted by Crippen LogP contribution is -2.45. The zero-order chi connectivity index (χ0) is 19.4. The lowest BCUT2D eigenvalue weighted by molar-refractivity contribution is -0.130. The van der Waals surface area contributed by atoms with Crippen LogP contribution >= 0.6 is 0 Å². The molecule has 1 aromatic carbocycles. The van der Waals surface area contributed by atoms with Crippen LogP contribution in [0.25, 0.3) is 11.0 Å². The van der Waals surface area contributed by atoms with Crippen molar-refractivity contribution < 1.29 is 9.59 Å². The molecule has 0 saturated carbocycles. The molecule has 7 heteroatoms. The third-order valence-electron chi connectivity index (χ3n) is 4.83. The quantitative estimate of drug-likeness (QED) is 0.865. The van der Waals surface area contributed by atoms with Gasteiger partial charge in [-0.15, -0.1) is 0 Å². The second-order valence-corrected chi connectivity index (χ2v) is 7.39. The summed E-state index contributed by atoms with van der Waals surface area (Å²) in [5.41, 5.74) is 2.90. The summed E-state index contributed by atoms with van der Waals surface area (Å²) in [5, 5.41) is 2.92. The molecular weight excluding hydrogens is 342 g/mol. The van der Waals surface area contributed by atoms with Crippen LogP contribution in [-0.2, 0) is 17.6 Å². The molecule has 1 fully saturated rings. The molecule has 0 spiro atoms. The maximum atomic E-state index is 12.8. The number of benzene rings is 1. The van der Waals surface area contributed by atoms with Gasteiger partial charge in [0.25, 0.3) is 0 Å². The number of aryl methyl sites for hydroxylation is 1. The van der Waals surface area contributed by atoms with E-state index < -0.39 is 0 Å². The Morgan fingerprint density at radius 2 is 1.93 bits per heavy atom. The summed E-state index contributed by atoms with van der Waals surface area (Å²) in [6.45, 7) is 8.49. The van der Waals surface area contributed by atoms with Gasteiger partial charge >= 0.3 is 6.03 Å². The Morgan fingerprint density at radius 3 is 2.67 bits per heavy atom. The average molecular weight is 371 g/mol. The number of nitrogens with one attached hydrogen (secondary N) is 2. The van der Waals surface area contributed by atoms with E-state index in [2.05, 4.69) is 22.2 Å². The van der Waals surface area contributed by atoms with E-state index in [-0.39, 0.29) is 18.0 Å². The van der Waals surface area contributed by atoms with Crippen LogP contribution in [0, 0.1) is 0 Å². The third-order valence-corrected chi connectivity index (χ3v) is 4.83. The first-order chi connectivity index (χ1) is 13.0. The highest BCUT2D eigenvalue weighted by molar-refractivity contribution is 5.82. The number of carbonyl (C=O) groups is 2. The van der Waals surface area contributed by atoms with E-state index in [4.69, 9.17) is 0 Å². The van der Waals surface area contributed by atoms with Crippen LogP contribution in [0.15, 0.2) is 18.2 Å². The smallest absolute Gasteiger partial charge is 0.317 e. The number of aromatic amines is 1. The average Bonchev–Trinajstić information content (AvgIpc) is 2.87. The van der Waals surface area contributed by atoms with Gasteiger partial charge in [0.05, 0.1) is 17.5 Å². The van der Waals surface area contributed by atoms with Gasteiger partial charge in [0.1, 0.15) is 5.82 Å². The largest absolute Gasteiger partial charge is 0.342 e. The van der Waals surface area contributed by atoms with Gasteiger partial charge in [-0.05, 0) is 38.0 Å². The number of carbonyl (C=O) groups excluding carboxylic acids is 2. The molecule has 0 bridgehead atoms. The molecule has 27 heavy (non-hydrogen) atoms. The van der Waals surface area contributed by atoms with Gasteiger partial charge in [0, 0.05) is 38.6 Å². The van der Waals surface area contributed by atoms with Gasteiger partial charge in [0.2, 0.25) is 5.91 Å². The van der Waals surface area contributed by atoms with Crippen molar-refractivity contribution in [2.45, 2.75) is 46.1 Å². The minimum absolute atomic E-state index is 0.0456. The summed E-state index contributed by atoms with van der Waals surface area (Å²) in [7, 11) is 0. The predicted molar refractivity (Wildman–Crippen MR) is 106 cm³/mol. The zero-order valence-electron chi connectivity index (χ0n) is 16.4. The lowest BCUT2D eigenvalue weighted by Gasteiger charge is -2.23. The maximum absolute atomic E-state index is 12.8. The highest BCUT2D eigenvalue weighted by Crippen LogP contribution is 2.16. The Balaban J connectivity index is 1.60. The minimum Gasteiger partial charge on any atom is -0.342 e. The van der Waals surface area contributed by atoms with Crippen molar-refractivity contribution in [1.82, 2.24) is 25.1 Å². The van der Waals surface area contributed by atoms with Gasteiger partial charge in [-0.25, -0.2) is 9.78 Å². The number of urea groups is 1. The van der Waals surface area contributed by atoms with Crippen molar-refractivity contribution >= 4 is 23.0 Å². The molecule has 3 amide bonds. The Labute approximate surface area is 160 Å². The van der Waals surface area contributed by atoms with Crippen molar-refractivity contribution in [3.8, 4) is 0 Å². The van der Waals surface area contributed by atoms with E-state index in [0.29, 0.717) is 32.6 Å². The van der Waals surface area contributed by atoms with Crippen molar-refractivity contribution in [1.29, 1.82) is 0 Å². The van der Waals surface area contributed by atoms with E-state index in [0.717, 1.165) is 35.3 Å². The number of aromatic nitrogens is 2. The number of imidazole rings is 1. The monoisotopic (exact) mass is 371 g/mol. The molecule has 0 atom stereocenters. The first-order valence-corrected chi connectivity index (χ1v) is 9.77. The second kappa shape index (κ2) is 8.41. The first kappa shape index (κ1) is 19.2. The number of H-pyrrole nitrogens is 1. The molecule has 0 radical (unpaired) electrons. The normalized spacial score (nSPS) is 15.3. The first-order valence-electron chi connectivity index (χ1n) is 9.77. The summed E-state index contributed by atoms with van der Waals surface area (Å²) in [4.78, 5) is 36.4. The maximum Gasteiger partial charge on any atom is 0.317 e. The second-order valence-electron chi connectivity index (χ2n) is 7.39. The lowest BCUT2D eigenvalue weighted by atomic mass is 10.1. The molecule has 0 unspecified atom stereocenters. The fourth-order valence-electron chi connectivity index (χ4n) is 3.38. The van der Waals surface area contributed by atoms with Gasteiger partial charge in [-0.2, -0.15) is 0 Å². The Hall–Kier alpha value is -2.57. The molecule has 0 aliphatic carbocycles. The van der Waals surface area contributed by atoms with Gasteiger partial charge < -0.3 is 20.1 Å². The molecule has 1 saturated heterocycles. The van der Waals surface area contributed by atoms with Gasteiger partial charge in [-0.3, -0.25) is 4.79 Å². The topological polar surface area (TPSA) is 81.3 Å². The molecule has 1 aromatic heterocycles. The van der Waals surface area contributed by atoms with Crippen LogP contribution in [0.1, 0.15) is 38.6 Å². The molecule has 2 N–H and O–H groups in total. The van der Waals surface area contributed by atoms with E-state index in [1.165, 1.54) is 0 Å². The molecule has 2 heterocycles. The SMILES string of the molecule is CCc1nc2ccc(CC(=O)N3CCCN(C(=O)NC(C)C)CC3)cc2[nH]1. The van der Waals surface area contributed by atoms with Crippen molar-refractivity contribution in [3.05, 3.63) is 29.6 Å². The van der Waals surface area contributed by atoms with Gasteiger partial charge in [-0.1, -0.05) is 13.0 Å². The number of hydrogen-bond acceptors (Lipinski definition) is 3. The highest BCUT2D eigenvalue weighted by atomic mass is 16.2. The summed E-state index contributed by atoms with van der Waals surface area (Å²) < 4.78 is 0. The highest BCUT2D eigenvalue weighted by Gasteiger charge is 2.22. The Kier molecular flexibility index (Phi) is 5.98. The standard InChI is InChI=1S/C20H29N5O2/c1-4-18-22-16-7-6-15(12-17(16)23-18)13-19(26)24-8-5-9-25(11-10-24)20(27)21-14(2)3/h6-7,12,14H,4-5,8-11,13H2,1-3H3,(H,21,27)(H,22,23). The molecule has 1 aliphatic heterocycles. The van der Waals surface area contributed by atoms with E-state index in [9.17, 15) is 9.59 Å². The minimum atomic E-state index is -0.0456.